The first-order valence-electron chi connectivity index (χ1n) is 13.5. The minimum Gasteiger partial charge on any atom is -0.493 e. The molecule has 0 saturated heterocycles. The fourth-order valence-electron chi connectivity index (χ4n) is 5.11. The summed E-state index contributed by atoms with van der Waals surface area (Å²) >= 11 is 0. The van der Waals surface area contributed by atoms with E-state index in [1.165, 1.54) is 21.3 Å². The van der Waals surface area contributed by atoms with Crippen LogP contribution in [0.3, 0.4) is 0 Å². The summed E-state index contributed by atoms with van der Waals surface area (Å²) in [5, 5.41) is 9.03. The number of amides is 1. The van der Waals surface area contributed by atoms with E-state index < -0.39 is 16.0 Å². The van der Waals surface area contributed by atoms with Crippen molar-refractivity contribution in [3.63, 3.8) is 0 Å². The number of nitrogens with one attached hydrogen (secondary N) is 3. The fraction of sp³-hybridized carbons (Fsp3) is 0.219. The second-order valence-corrected chi connectivity index (χ2v) is 11.5. The molecule has 0 bridgehead atoms. The van der Waals surface area contributed by atoms with Crippen LogP contribution in [0, 0.1) is 0 Å². The molecule has 4 aromatic carbocycles. The molecule has 224 valence electrons. The summed E-state index contributed by atoms with van der Waals surface area (Å²) in [6.45, 7) is 0.492. The number of hydrogen-bond acceptors (Lipinski definition) is 8. The van der Waals surface area contributed by atoms with Gasteiger partial charge in [0.25, 0.3) is 16.0 Å². The van der Waals surface area contributed by atoms with Crippen molar-refractivity contribution >= 4 is 49.1 Å². The Morgan fingerprint density at radius 3 is 2.21 bits per heavy atom. The molecule has 0 radical (unpaired) electrons. The molecule has 1 heterocycles. The van der Waals surface area contributed by atoms with Crippen LogP contribution < -0.4 is 24.8 Å². The number of carbonyl (C=O) groups is 1. The quantitative estimate of drug-likeness (QED) is 0.154. The van der Waals surface area contributed by atoms with Crippen LogP contribution in [-0.4, -0.2) is 53.5 Å². The highest BCUT2D eigenvalue weighted by Gasteiger charge is 2.21. The third kappa shape index (κ3) is 6.52. The van der Waals surface area contributed by atoms with E-state index in [-0.39, 0.29) is 18.7 Å². The number of aromatic amines is 1. The highest BCUT2D eigenvalue weighted by atomic mass is 32.2. The van der Waals surface area contributed by atoms with E-state index in [1.807, 2.05) is 60.7 Å². The van der Waals surface area contributed by atoms with E-state index >= 15 is 0 Å². The SMILES string of the molecule is COc1cc2cc(C(=O)Nc3cc(NCc4ccccc4)c4ccccc4c3CCOS(C)(=O)=O)[nH]c2c(OC)c1OC. The van der Waals surface area contributed by atoms with E-state index in [2.05, 4.69) is 15.6 Å². The maximum Gasteiger partial charge on any atom is 0.272 e. The molecule has 0 fully saturated rings. The van der Waals surface area contributed by atoms with Gasteiger partial charge in [0.1, 0.15) is 5.69 Å². The minimum atomic E-state index is -3.64. The van der Waals surface area contributed by atoms with Crippen molar-refractivity contribution in [1.82, 2.24) is 4.98 Å². The highest BCUT2D eigenvalue weighted by Crippen LogP contribution is 2.43. The van der Waals surface area contributed by atoms with Crippen molar-refractivity contribution in [3.8, 4) is 17.2 Å². The lowest BCUT2D eigenvalue weighted by Gasteiger charge is -2.18. The molecule has 0 aliphatic heterocycles. The number of hydrogen-bond donors (Lipinski definition) is 3. The normalized spacial score (nSPS) is 11.4. The third-order valence-corrected chi connectivity index (χ3v) is 7.64. The summed E-state index contributed by atoms with van der Waals surface area (Å²) in [7, 11) is 0.915. The molecule has 5 aromatic rings. The molecule has 0 atom stereocenters. The molecular weight excluding hydrogens is 570 g/mol. The van der Waals surface area contributed by atoms with Gasteiger partial charge < -0.3 is 29.8 Å². The fourth-order valence-corrected chi connectivity index (χ4v) is 5.49. The van der Waals surface area contributed by atoms with Gasteiger partial charge in [0, 0.05) is 28.7 Å². The zero-order chi connectivity index (χ0) is 30.6. The zero-order valence-electron chi connectivity index (χ0n) is 24.3. The van der Waals surface area contributed by atoms with Crippen molar-refractivity contribution in [2.45, 2.75) is 13.0 Å². The molecule has 1 aromatic heterocycles. The van der Waals surface area contributed by atoms with Crippen LogP contribution in [0.5, 0.6) is 17.2 Å². The van der Waals surface area contributed by atoms with E-state index in [0.717, 1.165) is 33.8 Å². The second-order valence-electron chi connectivity index (χ2n) is 9.86. The molecule has 0 aliphatic rings. The number of rotatable bonds is 12. The average molecular weight is 604 g/mol. The van der Waals surface area contributed by atoms with Gasteiger partial charge in [-0.25, -0.2) is 0 Å². The Bertz CT molecular complexity index is 1890. The molecule has 10 nitrogen and oxygen atoms in total. The number of aromatic nitrogens is 1. The summed E-state index contributed by atoms with van der Waals surface area (Å²) in [5.74, 6) is 0.885. The van der Waals surface area contributed by atoms with Gasteiger partial charge in [0.2, 0.25) is 5.75 Å². The Balaban J connectivity index is 1.56. The maximum atomic E-state index is 13.7. The van der Waals surface area contributed by atoms with E-state index in [4.69, 9.17) is 18.4 Å². The van der Waals surface area contributed by atoms with Gasteiger partial charge in [-0.05, 0) is 41.1 Å². The topological polar surface area (TPSA) is 128 Å². The number of methoxy groups -OCH3 is 3. The summed E-state index contributed by atoms with van der Waals surface area (Å²) in [6, 6.07) is 23.1. The van der Waals surface area contributed by atoms with Gasteiger partial charge in [-0.15, -0.1) is 0 Å². The van der Waals surface area contributed by atoms with Crippen LogP contribution in [-0.2, 0) is 27.3 Å². The van der Waals surface area contributed by atoms with E-state index in [0.29, 0.717) is 40.4 Å². The van der Waals surface area contributed by atoms with Crippen molar-refractivity contribution in [3.05, 3.63) is 89.6 Å². The number of benzene rings is 4. The van der Waals surface area contributed by atoms with Crippen LogP contribution in [0.2, 0.25) is 0 Å². The standard InChI is InChI=1S/C32H33N3O7S/c1-39-28-17-21-16-27(34-29(21)31(41-3)30(28)40-2)32(36)35-26-18-25(33-19-20-10-6-5-7-11-20)23-13-9-8-12-22(23)24(26)14-15-42-43(4,37)38/h5-13,16-18,33-34H,14-15,19H2,1-4H3,(H,35,36). The molecule has 0 aliphatic carbocycles. The second kappa shape index (κ2) is 12.6. The van der Waals surface area contributed by atoms with Crippen LogP contribution in [0.4, 0.5) is 11.4 Å². The van der Waals surface area contributed by atoms with Crippen LogP contribution >= 0.6 is 0 Å². The van der Waals surface area contributed by atoms with Crippen LogP contribution in [0.15, 0.2) is 72.8 Å². The van der Waals surface area contributed by atoms with Gasteiger partial charge in [0.05, 0.1) is 39.7 Å². The molecular formula is C32H33N3O7S. The largest absolute Gasteiger partial charge is 0.493 e. The summed E-state index contributed by atoms with van der Waals surface area (Å²) in [5.41, 5.74) is 4.05. The summed E-state index contributed by atoms with van der Waals surface area (Å²) in [4.78, 5) is 16.9. The lowest BCUT2D eigenvalue weighted by atomic mass is 9.98. The Hall–Kier alpha value is -4.74. The Kier molecular flexibility index (Phi) is 8.74. The number of fused-ring (bicyclic) bond motifs is 2. The number of ether oxygens (including phenoxy) is 3. The lowest BCUT2D eigenvalue weighted by Crippen LogP contribution is -2.16. The first kappa shape index (κ1) is 29.7. The minimum absolute atomic E-state index is 0.0777. The molecule has 1 amide bonds. The molecule has 0 saturated carbocycles. The average Bonchev–Trinajstić information content (AvgIpc) is 3.44. The number of anilines is 2. The Morgan fingerprint density at radius 2 is 1.53 bits per heavy atom. The molecule has 43 heavy (non-hydrogen) atoms. The molecule has 0 spiro atoms. The monoisotopic (exact) mass is 603 g/mol. The lowest BCUT2D eigenvalue weighted by molar-refractivity contribution is 0.102. The van der Waals surface area contributed by atoms with Crippen molar-refractivity contribution in [2.75, 3.05) is 44.8 Å². The smallest absolute Gasteiger partial charge is 0.272 e. The molecule has 5 rings (SSSR count). The number of carbonyl (C=O) groups excluding carboxylic acids is 1. The zero-order valence-corrected chi connectivity index (χ0v) is 25.1. The van der Waals surface area contributed by atoms with Crippen LogP contribution in [0.1, 0.15) is 21.6 Å². The molecule has 3 N–H and O–H groups in total. The van der Waals surface area contributed by atoms with E-state index in [9.17, 15) is 13.2 Å². The van der Waals surface area contributed by atoms with Gasteiger partial charge >= 0.3 is 0 Å². The van der Waals surface area contributed by atoms with Gasteiger partial charge in [-0.2, -0.15) is 8.42 Å². The van der Waals surface area contributed by atoms with E-state index in [1.54, 1.807) is 12.1 Å². The highest BCUT2D eigenvalue weighted by molar-refractivity contribution is 7.85. The van der Waals surface area contributed by atoms with Gasteiger partial charge in [-0.3, -0.25) is 8.98 Å². The van der Waals surface area contributed by atoms with Gasteiger partial charge in [0.15, 0.2) is 11.5 Å². The van der Waals surface area contributed by atoms with Gasteiger partial charge in [-0.1, -0.05) is 54.6 Å². The Morgan fingerprint density at radius 1 is 0.837 bits per heavy atom. The molecule has 0 unspecified atom stereocenters. The summed E-state index contributed by atoms with van der Waals surface area (Å²) < 4.78 is 45.0. The van der Waals surface area contributed by atoms with Crippen LogP contribution in [0.25, 0.3) is 21.7 Å². The summed E-state index contributed by atoms with van der Waals surface area (Å²) in [6.07, 6.45) is 1.26. The molecule has 11 heteroatoms. The first-order valence-corrected chi connectivity index (χ1v) is 15.3. The van der Waals surface area contributed by atoms with Crippen molar-refractivity contribution in [2.24, 2.45) is 0 Å². The van der Waals surface area contributed by atoms with Crippen molar-refractivity contribution < 1.29 is 31.6 Å². The predicted molar refractivity (Wildman–Crippen MR) is 168 cm³/mol. The third-order valence-electron chi connectivity index (χ3n) is 7.04. The first-order chi connectivity index (χ1) is 20.7. The maximum absolute atomic E-state index is 13.7. The predicted octanol–water partition coefficient (Wildman–Crippen LogP) is 5.73. The number of H-pyrrole nitrogens is 1. The van der Waals surface area contributed by atoms with Crippen molar-refractivity contribution in [1.29, 1.82) is 0 Å². The Labute approximate surface area is 250 Å².